The number of nitrogen functional groups attached to an aromatic ring is 1. The van der Waals surface area contributed by atoms with Crippen molar-refractivity contribution in [2.45, 2.75) is 26.3 Å². The number of imidazole rings is 1. The SMILES string of the molecule is CC(C)n1cnc2c(NCCc3ccc(O)cc3)nc(-c3cnccc3N)nc21. The van der Waals surface area contributed by atoms with Crippen molar-refractivity contribution in [2.24, 2.45) is 0 Å². The molecule has 8 heteroatoms. The zero-order chi connectivity index (χ0) is 20.4. The highest BCUT2D eigenvalue weighted by Gasteiger charge is 2.17. The molecule has 0 unspecified atom stereocenters. The average Bonchev–Trinajstić information content (AvgIpc) is 3.14. The van der Waals surface area contributed by atoms with E-state index in [1.54, 1.807) is 36.9 Å². The molecule has 0 atom stereocenters. The van der Waals surface area contributed by atoms with Crippen LogP contribution in [0.25, 0.3) is 22.6 Å². The molecule has 0 radical (unpaired) electrons. The molecule has 0 saturated carbocycles. The third-order valence-electron chi connectivity index (χ3n) is 4.72. The van der Waals surface area contributed by atoms with E-state index in [9.17, 15) is 5.11 Å². The molecule has 0 saturated heterocycles. The van der Waals surface area contributed by atoms with Gasteiger partial charge in [0, 0.05) is 30.7 Å². The van der Waals surface area contributed by atoms with Crippen LogP contribution in [0.1, 0.15) is 25.5 Å². The van der Waals surface area contributed by atoms with Crippen molar-refractivity contribution in [2.75, 3.05) is 17.6 Å². The molecule has 8 nitrogen and oxygen atoms in total. The standard InChI is InChI=1S/C21H23N7O/c1-13(2)28-12-25-18-20(24-10-7-14-3-5-15(29)6-4-14)26-19(27-21(18)28)16-11-23-9-8-17(16)22/h3-6,8-9,11-13,29H,7,10H2,1-2H3,(H2,22,23)(H,24,26,27). The molecule has 4 aromatic rings. The molecular weight excluding hydrogens is 366 g/mol. The monoisotopic (exact) mass is 389 g/mol. The van der Waals surface area contributed by atoms with E-state index in [1.807, 2.05) is 16.7 Å². The van der Waals surface area contributed by atoms with Crippen LogP contribution in [0.5, 0.6) is 5.75 Å². The average molecular weight is 389 g/mol. The molecule has 1 aromatic carbocycles. The summed E-state index contributed by atoms with van der Waals surface area (Å²) in [7, 11) is 0. The Morgan fingerprint density at radius 1 is 1.14 bits per heavy atom. The van der Waals surface area contributed by atoms with Gasteiger partial charge in [-0.05, 0) is 44.0 Å². The molecule has 4 rings (SSSR count). The Morgan fingerprint density at radius 3 is 2.66 bits per heavy atom. The van der Waals surface area contributed by atoms with E-state index in [-0.39, 0.29) is 11.8 Å². The van der Waals surface area contributed by atoms with E-state index in [1.165, 1.54) is 0 Å². The number of nitrogens with one attached hydrogen (secondary N) is 1. The molecule has 148 valence electrons. The van der Waals surface area contributed by atoms with Gasteiger partial charge < -0.3 is 20.7 Å². The third-order valence-corrected chi connectivity index (χ3v) is 4.72. The van der Waals surface area contributed by atoms with E-state index in [0.717, 1.165) is 23.1 Å². The third kappa shape index (κ3) is 3.82. The second-order valence-corrected chi connectivity index (χ2v) is 7.12. The lowest BCUT2D eigenvalue weighted by molar-refractivity contribution is 0.475. The first-order valence-corrected chi connectivity index (χ1v) is 9.49. The fourth-order valence-electron chi connectivity index (χ4n) is 3.12. The van der Waals surface area contributed by atoms with Crippen LogP contribution in [0, 0.1) is 0 Å². The molecule has 0 bridgehead atoms. The topological polar surface area (TPSA) is 115 Å². The van der Waals surface area contributed by atoms with Crippen LogP contribution in [0.3, 0.4) is 0 Å². The lowest BCUT2D eigenvalue weighted by atomic mass is 10.1. The van der Waals surface area contributed by atoms with Gasteiger partial charge in [0.15, 0.2) is 17.3 Å². The zero-order valence-corrected chi connectivity index (χ0v) is 16.4. The number of benzene rings is 1. The van der Waals surface area contributed by atoms with Crippen LogP contribution in [-0.4, -0.2) is 36.2 Å². The molecule has 0 fully saturated rings. The number of fused-ring (bicyclic) bond motifs is 1. The van der Waals surface area contributed by atoms with E-state index >= 15 is 0 Å². The smallest absolute Gasteiger partial charge is 0.167 e. The first-order chi connectivity index (χ1) is 14.0. The lowest BCUT2D eigenvalue weighted by Crippen LogP contribution is -2.09. The summed E-state index contributed by atoms with van der Waals surface area (Å²) in [5.41, 5.74) is 9.97. The quantitative estimate of drug-likeness (QED) is 0.463. The minimum absolute atomic E-state index is 0.207. The van der Waals surface area contributed by atoms with Gasteiger partial charge in [0.2, 0.25) is 0 Å². The summed E-state index contributed by atoms with van der Waals surface area (Å²) in [6.45, 7) is 4.83. The van der Waals surface area contributed by atoms with E-state index in [0.29, 0.717) is 29.4 Å². The molecule has 0 amide bonds. The maximum absolute atomic E-state index is 9.43. The van der Waals surface area contributed by atoms with Crippen LogP contribution < -0.4 is 11.1 Å². The van der Waals surface area contributed by atoms with Gasteiger partial charge in [-0.2, -0.15) is 0 Å². The van der Waals surface area contributed by atoms with Crippen molar-refractivity contribution in [1.29, 1.82) is 0 Å². The summed E-state index contributed by atoms with van der Waals surface area (Å²) in [6.07, 6.45) is 5.88. The number of nitrogens with two attached hydrogens (primary N) is 1. The van der Waals surface area contributed by atoms with Crippen molar-refractivity contribution < 1.29 is 5.11 Å². The van der Waals surface area contributed by atoms with Gasteiger partial charge in [0.1, 0.15) is 11.3 Å². The highest BCUT2D eigenvalue weighted by Crippen LogP contribution is 2.28. The molecular formula is C21H23N7O. The summed E-state index contributed by atoms with van der Waals surface area (Å²) >= 11 is 0. The van der Waals surface area contributed by atoms with Gasteiger partial charge in [-0.3, -0.25) is 4.98 Å². The predicted molar refractivity (Wildman–Crippen MR) is 114 cm³/mol. The minimum atomic E-state index is 0.207. The molecule has 0 aliphatic heterocycles. The summed E-state index contributed by atoms with van der Waals surface area (Å²) < 4.78 is 2.01. The number of phenols is 1. The lowest BCUT2D eigenvalue weighted by Gasteiger charge is -2.12. The number of rotatable bonds is 6. The largest absolute Gasteiger partial charge is 0.508 e. The van der Waals surface area contributed by atoms with Gasteiger partial charge >= 0.3 is 0 Å². The molecule has 0 spiro atoms. The molecule has 0 aliphatic carbocycles. The summed E-state index contributed by atoms with van der Waals surface area (Å²) in [6, 6.07) is 9.13. The van der Waals surface area contributed by atoms with Crippen molar-refractivity contribution >= 4 is 22.7 Å². The zero-order valence-electron chi connectivity index (χ0n) is 16.4. The fourth-order valence-corrected chi connectivity index (χ4v) is 3.12. The molecule has 29 heavy (non-hydrogen) atoms. The molecule has 4 N–H and O–H groups in total. The van der Waals surface area contributed by atoms with E-state index in [2.05, 4.69) is 29.1 Å². The van der Waals surface area contributed by atoms with Crippen LogP contribution in [0.4, 0.5) is 11.5 Å². The number of anilines is 2. The summed E-state index contributed by atoms with van der Waals surface area (Å²) in [5.74, 6) is 1.43. The fraction of sp³-hybridized carbons (Fsp3) is 0.238. The van der Waals surface area contributed by atoms with Gasteiger partial charge in [-0.1, -0.05) is 12.1 Å². The van der Waals surface area contributed by atoms with Gasteiger partial charge in [-0.25, -0.2) is 15.0 Å². The predicted octanol–water partition coefficient (Wildman–Crippen LogP) is 3.41. The number of nitrogens with zero attached hydrogens (tertiary/aromatic N) is 5. The Balaban J connectivity index is 1.69. The van der Waals surface area contributed by atoms with Crippen LogP contribution in [0.2, 0.25) is 0 Å². The Hall–Kier alpha value is -3.68. The summed E-state index contributed by atoms with van der Waals surface area (Å²) in [4.78, 5) is 18.1. The Morgan fingerprint density at radius 2 is 1.93 bits per heavy atom. The van der Waals surface area contributed by atoms with Crippen molar-refractivity contribution in [1.82, 2.24) is 24.5 Å². The van der Waals surface area contributed by atoms with Gasteiger partial charge in [-0.15, -0.1) is 0 Å². The highest BCUT2D eigenvalue weighted by molar-refractivity contribution is 5.86. The minimum Gasteiger partial charge on any atom is -0.508 e. The van der Waals surface area contributed by atoms with Crippen LogP contribution in [-0.2, 0) is 6.42 Å². The van der Waals surface area contributed by atoms with Crippen LogP contribution >= 0.6 is 0 Å². The Bertz CT molecular complexity index is 1140. The van der Waals surface area contributed by atoms with Gasteiger partial charge in [0.25, 0.3) is 0 Å². The Labute approximate surface area is 168 Å². The number of aromatic nitrogens is 5. The molecule has 3 aromatic heterocycles. The Kier molecular flexibility index (Phi) is 4.99. The van der Waals surface area contributed by atoms with Crippen molar-refractivity contribution in [3.05, 3.63) is 54.6 Å². The van der Waals surface area contributed by atoms with E-state index in [4.69, 9.17) is 15.7 Å². The highest BCUT2D eigenvalue weighted by atomic mass is 16.3. The number of hydrogen-bond acceptors (Lipinski definition) is 7. The number of hydrogen-bond donors (Lipinski definition) is 3. The molecule has 0 aliphatic rings. The second kappa shape index (κ2) is 7.75. The van der Waals surface area contributed by atoms with Gasteiger partial charge in [0.05, 0.1) is 11.9 Å². The summed E-state index contributed by atoms with van der Waals surface area (Å²) in [5, 5.41) is 12.8. The molecule has 3 heterocycles. The van der Waals surface area contributed by atoms with Crippen molar-refractivity contribution in [3.63, 3.8) is 0 Å². The first-order valence-electron chi connectivity index (χ1n) is 9.49. The van der Waals surface area contributed by atoms with E-state index < -0.39 is 0 Å². The first kappa shape index (κ1) is 18.7. The maximum atomic E-state index is 9.43. The second-order valence-electron chi connectivity index (χ2n) is 7.12. The van der Waals surface area contributed by atoms with Crippen LogP contribution in [0.15, 0.2) is 49.1 Å². The maximum Gasteiger partial charge on any atom is 0.167 e. The number of pyridine rings is 1. The normalized spacial score (nSPS) is 11.3. The number of aromatic hydroxyl groups is 1. The van der Waals surface area contributed by atoms with Crippen molar-refractivity contribution in [3.8, 4) is 17.1 Å². The number of phenolic OH excluding ortho intramolecular Hbond substituents is 1.